The van der Waals surface area contributed by atoms with Crippen LogP contribution >= 0.6 is 15.9 Å². The number of hydrogen-bond acceptors (Lipinski definition) is 3. The van der Waals surface area contributed by atoms with Gasteiger partial charge in [0.25, 0.3) is 0 Å². The van der Waals surface area contributed by atoms with Gasteiger partial charge >= 0.3 is 0 Å². The third-order valence-corrected chi connectivity index (χ3v) is 5.85. The zero-order valence-corrected chi connectivity index (χ0v) is 12.8. The van der Waals surface area contributed by atoms with E-state index in [1.54, 1.807) is 0 Å². The Hall–Kier alpha value is -0.390. The number of nitrogens with one attached hydrogen (secondary N) is 1. The summed E-state index contributed by atoms with van der Waals surface area (Å²) >= 11 is 3.54. The largest absolute Gasteiger partial charge is 0.307 e. The molecule has 0 aliphatic carbocycles. The third kappa shape index (κ3) is 3.56. The molecule has 0 radical (unpaired) electrons. The molecule has 0 spiro atoms. The van der Waals surface area contributed by atoms with Gasteiger partial charge in [0.2, 0.25) is 0 Å². The number of halogens is 1. The van der Waals surface area contributed by atoms with Gasteiger partial charge in [0.1, 0.15) is 9.84 Å². The Bertz CT molecular complexity index is 501. The molecule has 1 N–H and O–H groups in total. The van der Waals surface area contributed by atoms with E-state index in [1.165, 1.54) is 5.56 Å². The average molecular weight is 332 g/mol. The van der Waals surface area contributed by atoms with Gasteiger partial charge in [-0.3, -0.25) is 0 Å². The molecule has 2 rings (SSSR count). The molecule has 1 fully saturated rings. The molecule has 1 aromatic rings. The van der Waals surface area contributed by atoms with Crippen LogP contribution in [0.4, 0.5) is 0 Å². The second kappa shape index (κ2) is 5.72. The maximum Gasteiger partial charge on any atom is 0.150 e. The fraction of sp³-hybridized carbons (Fsp3) is 0.538. The lowest BCUT2D eigenvalue weighted by Gasteiger charge is -2.27. The maximum atomic E-state index is 11.4. The van der Waals surface area contributed by atoms with Gasteiger partial charge in [-0.2, -0.15) is 0 Å². The van der Waals surface area contributed by atoms with E-state index in [2.05, 4.69) is 34.2 Å². The van der Waals surface area contributed by atoms with Gasteiger partial charge in [-0.1, -0.05) is 34.1 Å². The van der Waals surface area contributed by atoms with E-state index in [4.69, 9.17) is 0 Å². The highest BCUT2D eigenvalue weighted by Gasteiger charge is 2.24. The Morgan fingerprint density at radius 3 is 2.50 bits per heavy atom. The fourth-order valence-corrected chi connectivity index (χ4v) is 4.45. The minimum Gasteiger partial charge on any atom is -0.307 e. The lowest BCUT2D eigenvalue weighted by atomic mass is 10.1. The van der Waals surface area contributed by atoms with Crippen molar-refractivity contribution in [3.05, 3.63) is 34.3 Å². The minimum atomic E-state index is -2.77. The molecule has 1 aliphatic heterocycles. The molecule has 1 heterocycles. The topological polar surface area (TPSA) is 46.2 Å². The summed E-state index contributed by atoms with van der Waals surface area (Å²) in [6.45, 7) is 2.11. The molecule has 0 saturated carbocycles. The molecule has 1 saturated heterocycles. The molecule has 0 aromatic heterocycles. The number of benzene rings is 1. The van der Waals surface area contributed by atoms with Crippen molar-refractivity contribution in [2.75, 3.05) is 11.5 Å². The molecule has 1 atom stereocenters. The Morgan fingerprint density at radius 2 is 1.89 bits per heavy atom. The zero-order valence-electron chi connectivity index (χ0n) is 10.4. The van der Waals surface area contributed by atoms with Gasteiger partial charge in [0, 0.05) is 16.6 Å². The first-order chi connectivity index (χ1) is 8.48. The quantitative estimate of drug-likeness (QED) is 0.926. The number of rotatable bonds is 3. The van der Waals surface area contributed by atoms with E-state index in [0.717, 1.165) is 17.3 Å². The minimum absolute atomic E-state index is 0.228. The van der Waals surface area contributed by atoms with E-state index in [9.17, 15) is 8.42 Å². The van der Waals surface area contributed by atoms with E-state index >= 15 is 0 Å². The molecule has 0 bridgehead atoms. The van der Waals surface area contributed by atoms with Crippen LogP contribution in [-0.2, 0) is 9.84 Å². The SMILES string of the molecule is C[C@H](NC1CCS(=O)(=O)CC1)c1ccccc1Br. The smallest absolute Gasteiger partial charge is 0.150 e. The predicted octanol–water partition coefficient (Wildman–Crippen LogP) is 2.68. The maximum absolute atomic E-state index is 11.4. The van der Waals surface area contributed by atoms with Crippen LogP contribution in [0.25, 0.3) is 0 Å². The summed E-state index contributed by atoms with van der Waals surface area (Å²) in [5.74, 6) is 0.626. The monoisotopic (exact) mass is 331 g/mol. The van der Waals surface area contributed by atoms with Crippen LogP contribution in [0, 0.1) is 0 Å². The molecule has 18 heavy (non-hydrogen) atoms. The zero-order chi connectivity index (χ0) is 13.2. The summed E-state index contributed by atoms with van der Waals surface area (Å²) in [5.41, 5.74) is 1.21. The normalized spacial score (nSPS) is 21.7. The van der Waals surface area contributed by atoms with Crippen LogP contribution in [0.2, 0.25) is 0 Å². The molecule has 100 valence electrons. The molecule has 0 amide bonds. The summed E-state index contributed by atoms with van der Waals surface area (Å²) in [7, 11) is -2.77. The van der Waals surface area contributed by atoms with Crippen molar-refractivity contribution in [1.82, 2.24) is 5.32 Å². The molecule has 1 aromatic carbocycles. The molecular weight excluding hydrogens is 314 g/mol. The van der Waals surface area contributed by atoms with Gasteiger partial charge in [0.05, 0.1) is 11.5 Å². The lowest BCUT2D eigenvalue weighted by Crippen LogP contribution is -2.38. The van der Waals surface area contributed by atoms with Crippen molar-refractivity contribution in [2.45, 2.75) is 31.8 Å². The second-order valence-corrected chi connectivity index (χ2v) is 7.99. The Balaban J connectivity index is 1.97. The van der Waals surface area contributed by atoms with Crippen molar-refractivity contribution in [2.24, 2.45) is 0 Å². The number of hydrogen-bond donors (Lipinski definition) is 1. The van der Waals surface area contributed by atoms with Crippen LogP contribution in [0.1, 0.15) is 31.4 Å². The first-order valence-electron chi connectivity index (χ1n) is 6.19. The molecular formula is C13H18BrNO2S. The first-order valence-corrected chi connectivity index (χ1v) is 8.80. The van der Waals surface area contributed by atoms with Crippen LogP contribution in [-0.4, -0.2) is 26.0 Å². The highest BCUT2D eigenvalue weighted by molar-refractivity contribution is 9.10. The van der Waals surface area contributed by atoms with Crippen LogP contribution < -0.4 is 5.32 Å². The summed E-state index contributed by atoms with van der Waals surface area (Å²) in [6, 6.07) is 8.65. The predicted molar refractivity (Wildman–Crippen MR) is 77.4 cm³/mol. The van der Waals surface area contributed by atoms with Crippen LogP contribution in [0.3, 0.4) is 0 Å². The lowest BCUT2D eigenvalue weighted by molar-refractivity contribution is 0.419. The van der Waals surface area contributed by atoms with E-state index < -0.39 is 9.84 Å². The van der Waals surface area contributed by atoms with Crippen molar-refractivity contribution in [3.63, 3.8) is 0 Å². The van der Waals surface area contributed by atoms with E-state index in [1.807, 2.05) is 18.2 Å². The third-order valence-electron chi connectivity index (χ3n) is 3.41. The van der Waals surface area contributed by atoms with Crippen molar-refractivity contribution < 1.29 is 8.42 Å². The van der Waals surface area contributed by atoms with Gasteiger partial charge in [-0.15, -0.1) is 0 Å². The van der Waals surface area contributed by atoms with Gasteiger partial charge in [-0.05, 0) is 31.4 Å². The highest BCUT2D eigenvalue weighted by Crippen LogP contribution is 2.24. The first kappa shape index (κ1) is 14.0. The van der Waals surface area contributed by atoms with Gasteiger partial charge in [0.15, 0.2) is 0 Å². The Morgan fingerprint density at radius 1 is 1.28 bits per heavy atom. The summed E-state index contributed by atoms with van der Waals surface area (Å²) in [4.78, 5) is 0. The Kier molecular flexibility index (Phi) is 4.45. The average Bonchev–Trinajstić information content (AvgIpc) is 2.32. The summed E-state index contributed by atoms with van der Waals surface area (Å²) < 4.78 is 23.8. The summed E-state index contributed by atoms with van der Waals surface area (Å²) in [5, 5.41) is 3.52. The van der Waals surface area contributed by atoms with Crippen LogP contribution in [0.15, 0.2) is 28.7 Å². The van der Waals surface area contributed by atoms with E-state index in [0.29, 0.717) is 17.5 Å². The van der Waals surface area contributed by atoms with Crippen LogP contribution in [0.5, 0.6) is 0 Å². The highest BCUT2D eigenvalue weighted by atomic mass is 79.9. The second-order valence-electron chi connectivity index (χ2n) is 4.84. The standard InChI is InChI=1S/C13H18BrNO2S/c1-10(12-4-2-3-5-13(12)14)15-11-6-8-18(16,17)9-7-11/h2-5,10-11,15H,6-9H2,1H3/t10-/m0/s1. The van der Waals surface area contributed by atoms with Gasteiger partial charge < -0.3 is 5.32 Å². The summed E-state index contributed by atoms with van der Waals surface area (Å²) in [6.07, 6.45) is 1.44. The fourth-order valence-electron chi connectivity index (χ4n) is 2.33. The van der Waals surface area contributed by atoms with Crippen molar-refractivity contribution in [1.29, 1.82) is 0 Å². The van der Waals surface area contributed by atoms with E-state index in [-0.39, 0.29) is 6.04 Å². The Labute approximate surface area is 117 Å². The van der Waals surface area contributed by atoms with Crippen molar-refractivity contribution >= 4 is 25.8 Å². The molecule has 5 heteroatoms. The molecule has 3 nitrogen and oxygen atoms in total. The van der Waals surface area contributed by atoms with Crippen molar-refractivity contribution in [3.8, 4) is 0 Å². The molecule has 0 unspecified atom stereocenters. The van der Waals surface area contributed by atoms with Gasteiger partial charge in [-0.25, -0.2) is 8.42 Å². The number of sulfone groups is 1. The molecule has 1 aliphatic rings.